The highest BCUT2D eigenvalue weighted by molar-refractivity contribution is 6.10. The number of nitrogens with zero attached hydrogens (tertiary/aromatic N) is 2. The van der Waals surface area contributed by atoms with E-state index in [1.165, 1.54) is 5.56 Å². The summed E-state index contributed by atoms with van der Waals surface area (Å²) >= 11 is 0. The predicted molar refractivity (Wildman–Crippen MR) is 118 cm³/mol. The van der Waals surface area contributed by atoms with Crippen LogP contribution in [0.25, 0.3) is 11.8 Å². The molecule has 0 aliphatic carbocycles. The Hall–Kier alpha value is -3.58. The summed E-state index contributed by atoms with van der Waals surface area (Å²) in [6, 6.07) is 18.2. The Bertz CT molecular complexity index is 1120. The molecule has 0 saturated heterocycles. The van der Waals surface area contributed by atoms with Gasteiger partial charge in [0, 0.05) is 22.8 Å². The Labute approximate surface area is 172 Å². The second kappa shape index (κ2) is 8.20. The zero-order valence-electron chi connectivity index (χ0n) is 17.5. The van der Waals surface area contributed by atoms with E-state index in [4.69, 9.17) is 0 Å². The first-order chi connectivity index (χ1) is 13.8. The topological polar surface area (TPSA) is 57.8 Å². The Morgan fingerprint density at radius 1 is 1.00 bits per heavy atom. The van der Waals surface area contributed by atoms with Gasteiger partial charge in [0.1, 0.15) is 11.6 Å². The molecule has 0 atom stereocenters. The van der Waals surface area contributed by atoms with Crippen LogP contribution in [0.4, 0.5) is 5.69 Å². The molecule has 3 rings (SSSR count). The van der Waals surface area contributed by atoms with Gasteiger partial charge >= 0.3 is 0 Å². The second-order valence-electron chi connectivity index (χ2n) is 7.39. The number of nitriles is 1. The average Bonchev–Trinajstić information content (AvgIpc) is 2.96. The molecular formula is C25H25N3O. The fraction of sp³-hybridized carbons (Fsp3) is 0.200. The largest absolute Gasteiger partial charge is 0.321 e. The summed E-state index contributed by atoms with van der Waals surface area (Å²) in [7, 11) is 0. The third kappa shape index (κ3) is 4.14. The summed E-state index contributed by atoms with van der Waals surface area (Å²) < 4.78 is 2.13. The van der Waals surface area contributed by atoms with Crippen LogP contribution in [0.2, 0.25) is 0 Å². The average molecular weight is 383 g/mol. The molecule has 1 amide bonds. The standard InChI is InChI=1S/C25H25N3O/c1-16-9-11-23(12-10-16)28-19(4)13-21(20(28)5)14-22(15-26)25(29)27-24-17(2)7-6-8-18(24)3/h6-14H,1-5H3,(H,27,29)/b22-14+. The third-order valence-corrected chi connectivity index (χ3v) is 5.15. The van der Waals surface area contributed by atoms with E-state index in [2.05, 4.69) is 47.1 Å². The summed E-state index contributed by atoms with van der Waals surface area (Å²) in [6.07, 6.45) is 1.66. The van der Waals surface area contributed by atoms with E-state index in [0.29, 0.717) is 0 Å². The van der Waals surface area contributed by atoms with Gasteiger partial charge in [0.15, 0.2) is 0 Å². The number of rotatable bonds is 4. The summed E-state index contributed by atoms with van der Waals surface area (Å²) in [5, 5.41) is 12.5. The molecule has 4 heteroatoms. The fourth-order valence-corrected chi connectivity index (χ4v) is 3.52. The number of aryl methyl sites for hydroxylation is 4. The third-order valence-electron chi connectivity index (χ3n) is 5.15. The van der Waals surface area contributed by atoms with Gasteiger partial charge in [-0.05, 0) is 75.6 Å². The maximum atomic E-state index is 12.8. The van der Waals surface area contributed by atoms with Crippen molar-refractivity contribution < 1.29 is 4.79 Å². The minimum Gasteiger partial charge on any atom is -0.321 e. The van der Waals surface area contributed by atoms with Crippen LogP contribution in [0, 0.1) is 45.9 Å². The van der Waals surface area contributed by atoms with E-state index in [1.807, 2.05) is 52.0 Å². The van der Waals surface area contributed by atoms with Gasteiger partial charge in [0.25, 0.3) is 5.91 Å². The van der Waals surface area contributed by atoms with E-state index >= 15 is 0 Å². The summed E-state index contributed by atoms with van der Waals surface area (Å²) in [4.78, 5) is 12.8. The molecule has 29 heavy (non-hydrogen) atoms. The second-order valence-corrected chi connectivity index (χ2v) is 7.39. The number of hydrogen-bond acceptors (Lipinski definition) is 2. The molecule has 0 radical (unpaired) electrons. The summed E-state index contributed by atoms with van der Waals surface area (Å²) in [5.41, 5.74) is 7.91. The van der Waals surface area contributed by atoms with E-state index in [1.54, 1.807) is 6.08 Å². The van der Waals surface area contributed by atoms with Crippen LogP contribution in [-0.4, -0.2) is 10.5 Å². The lowest BCUT2D eigenvalue weighted by atomic mass is 10.1. The zero-order chi connectivity index (χ0) is 21.1. The van der Waals surface area contributed by atoms with Gasteiger partial charge in [0.05, 0.1) is 0 Å². The van der Waals surface area contributed by atoms with Crippen molar-refractivity contribution in [1.82, 2.24) is 4.57 Å². The van der Waals surface area contributed by atoms with Crippen molar-refractivity contribution in [1.29, 1.82) is 5.26 Å². The lowest BCUT2D eigenvalue weighted by molar-refractivity contribution is -0.112. The maximum absolute atomic E-state index is 12.8. The predicted octanol–water partition coefficient (Wildman–Crippen LogP) is 5.57. The molecule has 2 aromatic carbocycles. The number of aromatic nitrogens is 1. The number of carbonyl (C=O) groups is 1. The van der Waals surface area contributed by atoms with Crippen molar-refractivity contribution in [3.63, 3.8) is 0 Å². The summed E-state index contributed by atoms with van der Waals surface area (Å²) in [5.74, 6) is -0.398. The van der Waals surface area contributed by atoms with E-state index in [0.717, 1.165) is 39.5 Å². The van der Waals surface area contributed by atoms with Gasteiger partial charge in [-0.15, -0.1) is 0 Å². The molecule has 0 saturated carbocycles. The Morgan fingerprint density at radius 3 is 2.21 bits per heavy atom. The van der Waals surface area contributed by atoms with Crippen LogP contribution in [0.5, 0.6) is 0 Å². The molecule has 0 aliphatic rings. The Balaban J connectivity index is 1.96. The first kappa shape index (κ1) is 20.2. The van der Waals surface area contributed by atoms with Crippen molar-refractivity contribution in [3.05, 3.63) is 87.7 Å². The van der Waals surface area contributed by atoms with Gasteiger partial charge < -0.3 is 9.88 Å². The number of anilines is 1. The molecule has 4 nitrogen and oxygen atoms in total. The molecule has 0 spiro atoms. The van der Waals surface area contributed by atoms with Crippen molar-refractivity contribution in [3.8, 4) is 11.8 Å². The lowest BCUT2D eigenvalue weighted by Crippen LogP contribution is -2.15. The Kier molecular flexibility index (Phi) is 5.70. The van der Waals surface area contributed by atoms with Crippen molar-refractivity contribution in [2.24, 2.45) is 0 Å². The van der Waals surface area contributed by atoms with Gasteiger partial charge in [-0.1, -0.05) is 35.9 Å². The molecule has 146 valence electrons. The molecule has 0 aliphatic heterocycles. The molecule has 1 N–H and O–H groups in total. The van der Waals surface area contributed by atoms with Gasteiger partial charge in [-0.2, -0.15) is 5.26 Å². The van der Waals surface area contributed by atoms with E-state index < -0.39 is 5.91 Å². The minimum atomic E-state index is -0.398. The number of hydrogen-bond donors (Lipinski definition) is 1. The SMILES string of the molecule is Cc1ccc(-n2c(C)cc(/C=C(\C#N)C(=O)Nc3c(C)cccc3C)c2C)cc1. The lowest BCUT2D eigenvalue weighted by Gasteiger charge is -2.11. The van der Waals surface area contributed by atoms with Crippen molar-refractivity contribution in [2.75, 3.05) is 5.32 Å². The van der Waals surface area contributed by atoms with Crippen LogP contribution in [-0.2, 0) is 4.79 Å². The molecule has 3 aromatic rings. The Morgan fingerprint density at radius 2 is 1.62 bits per heavy atom. The van der Waals surface area contributed by atoms with E-state index in [9.17, 15) is 10.1 Å². The molecule has 0 unspecified atom stereocenters. The first-order valence-electron chi connectivity index (χ1n) is 9.57. The van der Waals surface area contributed by atoms with Crippen LogP contribution in [0.1, 0.15) is 33.6 Å². The number of benzene rings is 2. The molecule has 1 aromatic heterocycles. The van der Waals surface area contributed by atoms with Crippen LogP contribution in [0.3, 0.4) is 0 Å². The fourth-order valence-electron chi connectivity index (χ4n) is 3.52. The van der Waals surface area contributed by atoms with E-state index in [-0.39, 0.29) is 5.57 Å². The van der Waals surface area contributed by atoms with Gasteiger partial charge in [-0.3, -0.25) is 4.79 Å². The van der Waals surface area contributed by atoms with Crippen LogP contribution >= 0.6 is 0 Å². The van der Waals surface area contributed by atoms with Crippen LogP contribution < -0.4 is 5.32 Å². The molecule has 0 fully saturated rings. The number of nitrogens with one attached hydrogen (secondary N) is 1. The zero-order valence-corrected chi connectivity index (χ0v) is 17.5. The van der Waals surface area contributed by atoms with Crippen molar-refractivity contribution >= 4 is 17.7 Å². The smallest absolute Gasteiger partial charge is 0.266 e. The van der Waals surface area contributed by atoms with Crippen LogP contribution in [0.15, 0.2) is 54.1 Å². The highest BCUT2D eigenvalue weighted by atomic mass is 16.1. The molecule has 0 bridgehead atoms. The monoisotopic (exact) mass is 383 g/mol. The highest BCUT2D eigenvalue weighted by Crippen LogP contribution is 2.24. The van der Waals surface area contributed by atoms with Gasteiger partial charge in [0.2, 0.25) is 0 Å². The number of para-hydroxylation sites is 1. The molecule has 1 heterocycles. The first-order valence-corrected chi connectivity index (χ1v) is 9.57. The minimum absolute atomic E-state index is 0.0804. The number of carbonyl (C=O) groups excluding carboxylic acids is 1. The number of amides is 1. The highest BCUT2D eigenvalue weighted by Gasteiger charge is 2.15. The van der Waals surface area contributed by atoms with Crippen molar-refractivity contribution in [2.45, 2.75) is 34.6 Å². The quantitative estimate of drug-likeness (QED) is 0.473. The summed E-state index contributed by atoms with van der Waals surface area (Å²) in [6.45, 7) is 9.95. The normalized spacial score (nSPS) is 11.2. The van der Waals surface area contributed by atoms with Gasteiger partial charge in [-0.25, -0.2) is 0 Å². The molecular weight excluding hydrogens is 358 g/mol. The maximum Gasteiger partial charge on any atom is 0.266 e.